The minimum absolute atomic E-state index is 0.338. The highest BCUT2D eigenvalue weighted by molar-refractivity contribution is 6.59. The van der Waals surface area contributed by atoms with E-state index in [9.17, 15) is 4.39 Å². The fourth-order valence-corrected chi connectivity index (χ4v) is 0.984. The molecule has 0 aliphatic carbocycles. The van der Waals surface area contributed by atoms with E-state index in [0.717, 1.165) is 6.07 Å². The number of aliphatic hydroxyl groups excluding tert-OH is 1. The SMILES string of the molecule is OB(O)c1c(F)cccc1OC(O)O. The zero-order chi connectivity index (χ0) is 10.7. The number of halogens is 1. The van der Waals surface area contributed by atoms with Gasteiger partial charge < -0.3 is 25.0 Å². The second-order valence-electron chi connectivity index (χ2n) is 2.47. The van der Waals surface area contributed by atoms with Gasteiger partial charge in [-0.05, 0) is 12.1 Å². The van der Waals surface area contributed by atoms with Gasteiger partial charge in [0, 0.05) is 0 Å². The quantitative estimate of drug-likeness (QED) is 0.341. The summed E-state index contributed by atoms with van der Waals surface area (Å²) < 4.78 is 17.3. The average Bonchev–Trinajstić information content (AvgIpc) is 2.01. The number of hydrogen-bond donors (Lipinski definition) is 4. The van der Waals surface area contributed by atoms with Crippen LogP contribution in [0.1, 0.15) is 0 Å². The Hall–Kier alpha value is -1.15. The number of rotatable bonds is 3. The molecule has 0 aliphatic heterocycles. The van der Waals surface area contributed by atoms with E-state index in [4.69, 9.17) is 20.3 Å². The Morgan fingerprint density at radius 2 is 1.93 bits per heavy atom. The van der Waals surface area contributed by atoms with E-state index >= 15 is 0 Å². The molecule has 14 heavy (non-hydrogen) atoms. The van der Waals surface area contributed by atoms with Crippen LogP contribution in [0.25, 0.3) is 0 Å². The van der Waals surface area contributed by atoms with Crippen molar-refractivity contribution in [3.05, 3.63) is 24.0 Å². The van der Waals surface area contributed by atoms with Crippen LogP contribution in [0.2, 0.25) is 0 Å². The molecule has 0 aliphatic rings. The van der Waals surface area contributed by atoms with Crippen LogP contribution in [0.15, 0.2) is 18.2 Å². The molecule has 0 saturated carbocycles. The van der Waals surface area contributed by atoms with Crippen molar-refractivity contribution < 1.29 is 29.4 Å². The van der Waals surface area contributed by atoms with Crippen LogP contribution >= 0.6 is 0 Å². The maximum absolute atomic E-state index is 13.0. The molecule has 0 atom stereocenters. The summed E-state index contributed by atoms with van der Waals surface area (Å²) in [5, 5.41) is 34.4. The zero-order valence-corrected chi connectivity index (χ0v) is 6.96. The lowest BCUT2D eigenvalue weighted by Gasteiger charge is -2.12. The largest absolute Gasteiger partial charge is 0.495 e. The van der Waals surface area contributed by atoms with E-state index in [1.54, 1.807) is 0 Å². The van der Waals surface area contributed by atoms with Gasteiger partial charge in [0.25, 0.3) is 0 Å². The van der Waals surface area contributed by atoms with Gasteiger partial charge in [-0.3, -0.25) is 0 Å². The van der Waals surface area contributed by atoms with E-state index in [1.807, 2.05) is 0 Å². The Bertz CT molecular complexity index is 317. The Morgan fingerprint density at radius 1 is 1.29 bits per heavy atom. The first-order chi connectivity index (χ1) is 6.52. The summed E-state index contributed by atoms with van der Waals surface area (Å²) >= 11 is 0. The third kappa shape index (κ3) is 2.42. The molecule has 0 bridgehead atoms. The Balaban J connectivity index is 3.08. The third-order valence-electron chi connectivity index (χ3n) is 1.50. The van der Waals surface area contributed by atoms with Gasteiger partial charge in [-0.15, -0.1) is 0 Å². The molecule has 0 heterocycles. The summed E-state index contributed by atoms with van der Waals surface area (Å²) in [6, 6.07) is 3.40. The molecule has 4 N–H and O–H groups in total. The van der Waals surface area contributed by atoms with E-state index in [-0.39, 0.29) is 5.75 Å². The van der Waals surface area contributed by atoms with Gasteiger partial charge in [-0.25, -0.2) is 4.39 Å². The minimum Gasteiger partial charge on any atom is -0.442 e. The van der Waals surface area contributed by atoms with Crippen molar-refractivity contribution in [1.82, 2.24) is 0 Å². The molecule has 1 aromatic rings. The van der Waals surface area contributed by atoms with Gasteiger partial charge in [0.2, 0.25) is 0 Å². The molecule has 0 saturated heterocycles. The van der Waals surface area contributed by atoms with Crippen molar-refractivity contribution in [3.63, 3.8) is 0 Å². The molecule has 0 spiro atoms. The number of hydrogen-bond acceptors (Lipinski definition) is 5. The summed E-state index contributed by atoms with van der Waals surface area (Å²) in [6.45, 7) is -2.14. The second kappa shape index (κ2) is 4.38. The lowest BCUT2D eigenvalue weighted by atomic mass is 9.79. The lowest BCUT2D eigenvalue weighted by Crippen LogP contribution is -2.35. The first-order valence-corrected chi connectivity index (χ1v) is 3.69. The molecular weight excluding hydrogens is 194 g/mol. The van der Waals surface area contributed by atoms with Crippen molar-refractivity contribution in [2.24, 2.45) is 0 Å². The van der Waals surface area contributed by atoms with Crippen LogP contribution in [0.3, 0.4) is 0 Å². The van der Waals surface area contributed by atoms with Gasteiger partial charge in [0.15, 0.2) is 0 Å². The van der Waals surface area contributed by atoms with Crippen LogP contribution in [0, 0.1) is 5.82 Å². The zero-order valence-electron chi connectivity index (χ0n) is 6.96. The molecule has 7 heteroatoms. The van der Waals surface area contributed by atoms with E-state index in [0.29, 0.717) is 0 Å². The molecule has 1 rings (SSSR count). The summed E-state index contributed by atoms with van der Waals surface area (Å²) in [7, 11) is -2.08. The van der Waals surface area contributed by atoms with Gasteiger partial charge in [-0.1, -0.05) is 6.07 Å². The van der Waals surface area contributed by atoms with Crippen molar-refractivity contribution in [1.29, 1.82) is 0 Å². The average molecular weight is 202 g/mol. The van der Waals surface area contributed by atoms with Crippen molar-refractivity contribution in [2.45, 2.75) is 6.48 Å². The van der Waals surface area contributed by atoms with Gasteiger partial charge in [0.05, 0.1) is 5.46 Å². The standard InChI is InChI=1S/C7H8BFO5/c9-4-2-1-3-5(14-7(10)11)6(4)8(12)13/h1-3,7,10-13H. The van der Waals surface area contributed by atoms with Gasteiger partial charge >= 0.3 is 13.6 Å². The highest BCUT2D eigenvalue weighted by atomic mass is 19.1. The monoisotopic (exact) mass is 202 g/mol. The third-order valence-corrected chi connectivity index (χ3v) is 1.50. The Morgan fingerprint density at radius 3 is 2.43 bits per heavy atom. The van der Waals surface area contributed by atoms with Crippen molar-refractivity contribution in [2.75, 3.05) is 0 Å². The Labute approximate surface area is 79.1 Å². The number of aliphatic hydroxyl groups is 2. The van der Waals surface area contributed by atoms with Gasteiger partial charge in [-0.2, -0.15) is 0 Å². The van der Waals surface area contributed by atoms with Crippen LogP contribution in [0.5, 0.6) is 5.75 Å². The maximum Gasteiger partial charge on any atom is 0.495 e. The topological polar surface area (TPSA) is 90.2 Å². The van der Waals surface area contributed by atoms with Crippen LogP contribution in [0.4, 0.5) is 4.39 Å². The van der Waals surface area contributed by atoms with Crippen LogP contribution < -0.4 is 10.2 Å². The summed E-state index contributed by atoms with van der Waals surface area (Å²) in [5.41, 5.74) is -0.541. The molecule has 0 aromatic heterocycles. The molecule has 0 amide bonds. The van der Waals surface area contributed by atoms with E-state index < -0.39 is 24.9 Å². The molecule has 76 valence electrons. The van der Waals surface area contributed by atoms with Crippen molar-refractivity contribution >= 4 is 12.6 Å². The number of ether oxygens (including phenoxy) is 1. The highest BCUT2D eigenvalue weighted by Gasteiger charge is 2.22. The minimum atomic E-state index is -2.14. The predicted octanol–water partition coefficient (Wildman–Crippen LogP) is -1.85. The molecule has 0 unspecified atom stereocenters. The fraction of sp³-hybridized carbons (Fsp3) is 0.143. The van der Waals surface area contributed by atoms with E-state index in [1.165, 1.54) is 12.1 Å². The molecule has 5 nitrogen and oxygen atoms in total. The number of benzene rings is 1. The normalized spacial score (nSPS) is 10.4. The first-order valence-electron chi connectivity index (χ1n) is 3.69. The lowest BCUT2D eigenvalue weighted by molar-refractivity contribution is -0.179. The van der Waals surface area contributed by atoms with E-state index in [2.05, 4.69) is 4.74 Å². The Kier molecular flexibility index (Phi) is 3.42. The second-order valence-corrected chi connectivity index (χ2v) is 2.47. The summed E-state index contributed by atoms with van der Waals surface area (Å²) in [6.07, 6.45) is 0. The van der Waals surface area contributed by atoms with Crippen molar-refractivity contribution in [3.8, 4) is 5.75 Å². The molecule has 1 aromatic carbocycles. The smallest absolute Gasteiger partial charge is 0.442 e. The fourth-order valence-electron chi connectivity index (χ4n) is 0.984. The van der Waals surface area contributed by atoms with Crippen LogP contribution in [-0.4, -0.2) is 33.9 Å². The van der Waals surface area contributed by atoms with Gasteiger partial charge in [0.1, 0.15) is 11.6 Å². The molecule has 0 radical (unpaired) electrons. The first kappa shape index (κ1) is 10.9. The predicted molar refractivity (Wildman–Crippen MR) is 45.1 cm³/mol. The highest BCUT2D eigenvalue weighted by Crippen LogP contribution is 2.11. The molecular formula is C7H8BFO5. The maximum atomic E-state index is 13.0. The van der Waals surface area contributed by atoms with Crippen LogP contribution in [-0.2, 0) is 0 Å². The summed E-state index contributed by atoms with van der Waals surface area (Å²) in [4.78, 5) is 0. The summed E-state index contributed by atoms with van der Waals surface area (Å²) in [5.74, 6) is -1.24. The molecule has 0 fully saturated rings.